The van der Waals surface area contributed by atoms with Crippen LogP contribution in [0.4, 0.5) is 5.69 Å². The number of carboxylic acid groups (broad SMARTS) is 1. The number of rotatable bonds is 17. The summed E-state index contributed by atoms with van der Waals surface area (Å²) in [6.07, 6.45) is 5.66. The molecule has 0 saturated heterocycles. The van der Waals surface area contributed by atoms with Gasteiger partial charge in [-0.2, -0.15) is 0 Å². The number of aliphatic carboxylic acids is 1. The molecule has 1 aromatic heterocycles. The molecule has 48 heavy (non-hydrogen) atoms. The summed E-state index contributed by atoms with van der Waals surface area (Å²) in [4.78, 5) is 50.8. The van der Waals surface area contributed by atoms with E-state index in [4.69, 9.17) is 14.2 Å². The van der Waals surface area contributed by atoms with Gasteiger partial charge in [-0.15, -0.1) is 11.3 Å². The number of thiophene rings is 1. The lowest BCUT2D eigenvalue weighted by molar-refractivity contribution is -0.139. The lowest BCUT2D eigenvalue weighted by Gasteiger charge is -2.16. The van der Waals surface area contributed by atoms with Gasteiger partial charge in [-0.25, -0.2) is 9.59 Å². The van der Waals surface area contributed by atoms with Gasteiger partial charge in [-0.05, 0) is 96.6 Å². The largest absolute Gasteiger partial charge is 0.494 e. The quantitative estimate of drug-likeness (QED) is 0.0603. The molecule has 4 aromatic rings. The molecule has 10 nitrogen and oxygen atoms in total. The number of esters is 1. The van der Waals surface area contributed by atoms with Gasteiger partial charge in [-0.1, -0.05) is 38.7 Å². The van der Waals surface area contributed by atoms with Crippen LogP contribution in [0, 0.1) is 6.92 Å². The number of carbonyl (C=O) groups excluding carboxylic acids is 3. The second kappa shape index (κ2) is 17.7. The first-order chi connectivity index (χ1) is 23.2. The van der Waals surface area contributed by atoms with E-state index in [-0.39, 0.29) is 29.4 Å². The summed E-state index contributed by atoms with van der Waals surface area (Å²) in [6.45, 7) is 4.70. The standard InChI is InChI=1S/C37H40N2O8S/c1-4-5-6-7-8-19-46-29-16-12-27(13-17-29)37(44)47-31-18-9-25(22-32(31)45-3)21-30(36(42)43)39-34(40)26-10-14-28(15-11-26)38-35(41)33-20-24(2)23-48-33/h9-18,20,22-23,30H,4-8,19,21H2,1-3H3,(H,38,41)(H,39,40)(H,42,43). The smallest absolute Gasteiger partial charge is 0.343 e. The van der Waals surface area contributed by atoms with Gasteiger partial charge in [0.1, 0.15) is 11.8 Å². The van der Waals surface area contributed by atoms with E-state index in [0.29, 0.717) is 34.0 Å². The predicted octanol–water partition coefficient (Wildman–Crippen LogP) is 7.31. The van der Waals surface area contributed by atoms with Crippen molar-refractivity contribution in [3.05, 3.63) is 105 Å². The monoisotopic (exact) mass is 672 g/mol. The van der Waals surface area contributed by atoms with E-state index in [1.807, 2.05) is 12.3 Å². The van der Waals surface area contributed by atoms with Crippen molar-refractivity contribution in [3.8, 4) is 17.2 Å². The minimum absolute atomic E-state index is 0.0555. The number of carbonyl (C=O) groups is 4. The number of methoxy groups -OCH3 is 1. The fourth-order valence-electron chi connectivity index (χ4n) is 4.79. The number of unbranched alkanes of at least 4 members (excludes halogenated alkanes) is 4. The number of ether oxygens (including phenoxy) is 3. The summed E-state index contributed by atoms with van der Waals surface area (Å²) in [5.41, 5.74) is 2.60. The van der Waals surface area contributed by atoms with Gasteiger partial charge in [0, 0.05) is 17.7 Å². The Morgan fingerprint density at radius 2 is 1.54 bits per heavy atom. The first kappa shape index (κ1) is 35.7. The normalized spacial score (nSPS) is 11.3. The molecule has 4 rings (SSSR count). The number of hydrogen-bond acceptors (Lipinski definition) is 8. The fourth-order valence-corrected chi connectivity index (χ4v) is 5.58. The molecule has 1 atom stereocenters. The maximum Gasteiger partial charge on any atom is 0.343 e. The van der Waals surface area contributed by atoms with Gasteiger partial charge < -0.3 is 30.0 Å². The van der Waals surface area contributed by atoms with Crippen LogP contribution in [0.1, 0.15) is 80.5 Å². The van der Waals surface area contributed by atoms with Crippen LogP contribution in [0.2, 0.25) is 0 Å². The molecule has 0 aliphatic carbocycles. The third-order valence-electron chi connectivity index (χ3n) is 7.44. The fraction of sp³-hybridized carbons (Fsp3) is 0.297. The Balaban J connectivity index is 1.32. The number of nitrogens with one attached hydrogen (secondary N) is 2. The van der Waals surface area contributed by atoms with E-state index in [9.17, 15) is 24.3 Å². The molecule has 1 unspecified atom stereocenters. The highest BCUT2D eigenvalue weighted by atomic mass is 32.1. The molecule has 0 saturated carbocycles. The lowest BCUT2D eigenvalue weighted by atomic mass is 10.0. The Bertz CT molecular complexity index is 1700. The first-order valence-corrected chi connectivity index (χ1v) is 16.7. The van der Waals surface area contributed by atoms with E-state index in [0.717, 1.165) is 18.4 Å². The summed E-state index contributed by atoms with van der Waals surface area (Å²) >= 11 is 1.34. The predicted molar refractivity (Wildman–Crippen MR) is 185 cm³/mol. The van der Waals surface area contributed by atoms with Crippen molar-refractivity contribution in [2.45, 2.75) is 58.4 Å². The van der Waals surface area contributed by atoms with Crippen molar-refractivity contribution < 1.29 is 38.5 Å². The zero-order chi connectivity index (χ0) is 34.5. The summed E-state index contributed by atoms with van der Waals surface area (Å²) in [5, 5.41) is 17.1. The van der Waals surface area contributed by atoms with Crippen LogP contribution in [0.25, 0.3) is 0 Å². The van der Waals surface area contributed by atoms with E-state index in [2.05, 4.69) is 17.6 Å². The minimum Gasteiger partial charge on any atom is -0.494 e. The highest BCUT2D eigenvalue weighted by molar-refractivity contribution is 7.12. The molecule has 0 bridgehead atoms. The van der Waals surface area contributed by atoms with E-state index < -0.39 is 23.9 Å². The number of hydrogen-bond donors (Lipinski definition) is 3. The Labute approximate surface area is 284 Å². The summed E-state index contributed by atoms with van der Waals surface area (Å²) in [7, 11) is 1.41. The van der Waals surface area contributed by atoms with Crippen LogP contribution >= 0.6 is 11.3 Å². The van der Waals surface area contributed by atoms with E-state index in [1.54, 1.807) is 54.6 Å². The maximum atomic E-state index is 12.9. The van der Waals surface area contributed by atoms with Gasteiger partial charge in [0.15, 0.2) is 11.5 Å². The van der Waals surface area contributed by atoms with Crippen molar-refractivity contribution in [1.82, 2.24) is 5.32 Å². The van der Waals surface area contributed by atoms with Crippen LogP contribution < -0.4 is 24.8 Å². The number of carboxylic acids is 1. The number of aryl methyl sites for hydroxylation is 1. The number of amides is 2. The summed E-state index contributed by atoms with van der Waals surface area (Å²) in [6, 6.07) is 18.1. The molecular formula is C37H40N2O8S. The number of anilines is 1. The third-order valence-corrected chi connectivity index (χ3v) is 8.49. The molecule has 2 amide bonds. The highest BCUT2D eigenvalue weighted by Crippen LogP contribution is 2.30. The van der Waals surface area contributed by atoms with Crippen LogP contribution in [0.15, 0.2) is 78.2 Å². The van der Waals surface area contributed by atoms with Crippen molar-refractivity contribution in [2.75, 3.05) is 19.0 Å². The molecule has 0 fully saturated rings. The molecule has 252 valence electrons. The van der Waals surface area contributed by atoms with E-state index in [1.165, 1.54) is 55.9 Å². The SMILES string of the molecule is CCCCCCCOc1ccc(C(=O)Oc2ccc(CC(NC(=O)c3ccc(NC(=O)c4cc(C)cs4)cc3)C(=O)O)cc2OC)cc1. The van der Waals surface area contributed by atoms with Crippen LogP contribution in [0.5, 0.6) is 17.2 Å². The molecule has 0 spiro atoms. The lowest BCUT2D eigenvalue weighted by Crippen LogP contribution is -2.42. The van der Waals surface area contributed by atoms with Gasteiger partial charge in [0.2, 0.25) is 0 Å². The number of benzene rings is 3. The van der Waals surface area contributed by atoms with Crippen LogP contribution in [-0.4, -0.2) is 48.6 Å². The molecule has 1 heterocycles. The molecule has 3 N–H and O–H groups in total. The summed E-state index contributed by atoms with van der Waals surface area (Å²) < 4.78 is 16.8. The minimum atomic E-state index is -1.26. The Morgan fingerprint density at radius 1 is 0.833 bits per heavy atom. The van der Waals surface area contributed by atoms with Gasteiger partial charge in [0.05, 0.1) is 24.2 Å². The van der Waals surface area contributed by atoms with Crippen molar-refractivity contribution >= 4 is 40.8 Å². The van der Waals surface area contributed by atoms with Gasteiger partial charge >= 0.3 is 11.9 Å². The maximum absolute atomic E-state index is 12.9. The van der Waals surface area contributed by atoms with Gasteiger partial charge in [-0.3, -0.25) is 9.59 Å². The topological polar surface area (TPSA) is 140 Å². The summed E-state index contributed by atoms with van der Waals surface area (Å²) in [5.74, 6) is -1.59. The van der Waals surface area contributed by atoms with Crippen molar-refractivity contribution in [3.63, 3.8) is 0 Å². The molecule has 0 aliphatic rings. The average molecular weight is 673 g/mol. The molecule has 0 radical (unpaired) electrons. The van der Waals surface area contributed by atoms with E-state index >= 15 is 0 Å². The van der Waals surface area contributed by atoms with Gasteiger partial charge in [0.25, 0.3) is 11.8 Å². The molecule has 3 aromatic carbocycles. The molecular weight excluding hydrogens is 632 g/mol. The van der Waals surface area contributed by atoms with Crippen molar-refractivity contribution in [2.24, 2.45) is 0 Å². The third kappa shape index (κ3) is 10.4. The Hall–Kier alpha value is -5.16. The zero-order valence-electron chi connectivity index (χ0n) is 27.2. The first-order valence-electron chi connectivity index (χ1n) is 15.8. The highest BCUT2D eigenvalue weighted by Gasteiger charge is 2.23. The Morgan fingerprint density at radius 3 is 2.19 bits per heavy atom. The second-order valence-corrected chi connectivity index (χ2v) is 12.2. The Kier molecular flexibility index (Phi) is 13.1. The average Bonchev–Trinajstić information content (AvgIpc) is 3.53. The molecule has 11 heteroatoms. The van der Waals surface area contributed by atoms with Crippen molar-refractivity contribution in [1.29, 1.82) is 0 Å². The van der Waals surface area contributed by atoms with Crippen LogP contribution in [0.3, 0.4) is 0 Å². The molecule has 0 aliphatic heterocycles. The second-order valence-electron chi connectivity index (χ2n) is 11.2. The zero-order valence-corrected chi connectivity index (χ0v) is 28.1. The van der Waals surface area contributed by atoms with Crippen LogP contribution in [-0.2, 0) is 11.2 Å².